The van der Waals surface area contributed by atoms with Crippen molar-refractivity contribution in [3.8, 4) is 5.75 Å². The maximum atomic E-state index is 11.5. The molecule has 0 unspecified atom stereocenters. The Morgan fingerprint density at radius 1 is 1.57 bits per heavy atom. The molecule has 1 rings (SSSR count). The summed E-state index contributed by atoms with van der Waals surface area (Å²) >= 11 is 2.17. The fourth-order valence-electron chi connectivity index (χ4n) is 1.06. The summed E-state index contributed by atoms with van der Waals surface area (Å²) in [7, 11) is 1.60. The van der Waals surface area contributed by atoms with Crippen molar-refractivity contribution in [3.63, 3.8) is 0 Å². The Balaban J connectivity index is 2.94. The van der Waals surface area contributed by atoms with Gasteiger partial charge < -0.3 is 10.1 Å². The maximum Gasteiger partial charge on any atom is 0.251 e. The van der Waals surface area contributed by atoms with Gasteiger partial charge in [-0.2, -0.15) is 0 Å². The molecule has 0 aliphatic carbocycles. The summed E-state index contributed by atoms with van der Waals surface area (Å²) in [5, 5.41) is 2.74. The van der Waals surface area contributed by atoms with Gasteiger partial charge in [-0.1, -0.05) is 0 Å². The van der Waals surface area contributed by atoms with Crippen molar-refractivity contribution >= 4 is 28.5 Å². The second-order valence-electron chi connectivity index (χ2n) is 2.71. The van der Waals surface area contributed by atoms with Crippen molar-refractivity contribution in [1.82, 2.24) is 5.32 Å². The minimum atomic E-state index is -0.0674. The van der Waals surface area contributed by atoms with Crippen LogP contribution < -0.4 is 10.1 Å². The highest BCUT2D eigenvalue weighted by atomic mass is 127. The Morgan fingerprint density at radius 2 is 2.29 bits per heavy atom. The van der Waals surface area contributed by atoms with E-state index in [1.165, 1.54) is 0 Å². The summed E-state index contributed by atoms with van der Waals surface area (Å²) in [6.07, 6.45) is 0. The highest BCUT2D eigenvalue weighted by Gasteiger charge is 2.07. The van der Waals surface area contributed by atoms with Crippen LogP contribution in [-0.2, 0) is 0 Å². The quantitative estimate of drug-likeness (QED) is 0.868. The van der Waals surface area contributed by atoms with Crippen molar-refractivity contribution in [1.29, 1.82) is 0 Å². The van der Waals surface area contributed by atoms with E-state index in [0.29, 0.717) is 12.1 Å². The Bertz CT molecular complexity index is 339. The van der Waals surface area contributed by atoms with E-state index in [4.69, 9.17) is 4.74 Å². The lowest BCUT2D eigenvalue weighted by atomic mass is 10.2. The van der Waals surface area contributed by atoms with Gasteiger partial charge in [0.1, 0.15) is 5.75 Å². The zero-order valence-electron chi connectivity index (χ0n) is 8.13. The van der Waals surface area contributed by atoms with Gasteiger partial charge in [-0.3, -0.25) is 4.79 Å². The predicted molar refractivity (Wildman–Crippen MR) is 63.7 cm³/mol. The molecule has 1 N–H and O–H groups in total. The van der Waals surface area contributed by atoms with Crippen LogP contribution in [0.3, 0.4) is 0 Å². The van der Waals surface area contributed by atoms with E-state index in [2.05, 4.69) is 27.9 Å². The number of benzene rings is 1. The van der Waals surface area contributed by atoms with Crippen molar-refractivity contribution in [3.05, 3.63) is 27.3 Å². The van der Waals surface area contributed by atoms with Crippen LogP contribution in [0.5, 0.6) is 5.75 Å². The molecule has 0 aliphatic rings. The molecule has 1 aromatic carbocycles. The number of hydrogen-bond acceptors (Lipinski definition) is 2. The first-order valence-corrected chi connectivity index (χ1v) is 5.38. The number of ether oxygens (including phenoxy) is 1. The fourth-order valence-corrected chi connectivity index (χ4v) is 1.62. The molecule has 0 bridgehead atoms. The maximum absolute atomic E-state index is 11.5. The average molecular weight is 305 g/mol. The van der Waals surface area contributed by atoms with Gasteiger partial charge in [-0.25, -0.2) is 0 Å². The molecule has 4 heteroatoms. The fraction of sp³-hybridized carbons (Fsp3) is 0.300. The number of halogens is 1. The normalized spacial score (nSPS) is 9.64. The van der Waals surface area contributed by atoms with E-state index in [9.17, 15) is 4.79 Å². The zero-order valence-corrected chi connectivity index (χ0v) is 10.3. The van der Waals surface area contributed by atoms with Crippen LogP contribution in [0.4, 0.5) is 0 Å². The molecule has 0 spiro atoms. The molecule has 1 amide bonds. The van der Waals surface area contributed by atoms with E-state index in [1.54, 1.807) is 19.2 Å². The molecule has 0 radical (unpaired) electrons. The first-order chi connectivity index (χ1) is 6.69. The molecule has 0 aliphatic heterocycles. The molecule has 0 fully saturated rings. The van der Waals surface area contributed by atoms with Gasteiger partial charge in [0.05, 0.1) is 10.7 Å². The summed E-state index contributed by atoms with van der Waals surface area (Å²) in [6.45, 7) is 2.52. The summed E-state index contributed by atoms with van der Waals surface area (Å²) in [5.41, 5.74) is 0.629. The number of rotatable bonds is 3. The topological polar surface area (TPSA) is 38.3 Å². The largest absolute Gasteiger partial charge is 0.496 e. The number of carbonyl (C=O) groups excluding carboxylic acids is 1. The van der Waals surface area contributed by atoms with E-state index in [1.807, 2.05) is 13.0 Å². The number of amides is 1. The van der Waals surface area contributed by atoms with Crippen molar-refractivity contribution in [2.45, 2.75) is 6.92 Å². The van der Waals surface area contributed by atoms with Gasteiger partial charge in [0.25, 0.3) is 5.91 Å². The predicted octanol–water partition coefficient (Wildman–Crippen LogP) is 2.05. The van der Waals surface area contributed by atoms with Gasteiger partial charge in [0.2, 0.25) is 0 Å². The van der Waals surface area contributed by atoms with Crippen molar-refractivity contribution in [2.75, 3.05) is 13.7 Å². The Labute approximate surface area is 97.0 Å². The van der Waals surface area contributed by atoms with Crippen LogP contribution in [0.15, 0.2) is 18.2 Å². The van der Waals surface area contributed by atoms with Crippen LogP contribution in [0.1, 0.15) is 17.3 Å². The number of methoxy groups -OCH3 is 1. The number of nitrogens with one attached hydrogen (secondary N) is 1. The zero-order chi connectivity index (χ0) is 10.6. The first-order valence-electron chi connectivity index (χ1n) is 4.30. The standard InChI is InChI=1S/C10H12INO2/c1-3-12-10(13)7-4-5-8(11)9(6-7)14-2/h4-6H,3H2,1-2H3,(H,12,13). The van der Waals surface area contributed by atoms with Gasteiger partial charge in [-0.15, -0.1) is 0 Å². The molecule has 3 nitrogen and oxygen atoms in total. The van der Waals surface area contributed by atoms with Crippen LogP contribution in [0.25, 0.3) is 0 Å². The summed E-state index contributed by atoms with van der Waals surface area (Å²) in [6, 6.07) is 5.39. The van der Waals surface area contributed by atoms with Gasteiger partial charge in [0, 0.05) is 12.1 Å². The van der Waals surface area contributed by atoms with Crippen LogP contribution >= 0.6 is 22.6 Å². The lowest BCUT2D eigenvalue weighted by Crippen LogP contribution is -2.22. The summed E-state index contributed by atoms with van der Waals surface area (Å²) in [4.78, 5) is 11.5. The van der Waals surface area contributed by atoms with Gasteiger partial charge in [0.15, 0.2) is 0 Å². The monoisotopic (exact) mass is 305 g/mol. The molecule has 76 valence electrons. The molecular weight excluding hydrogens is 293 g/mol. The molecule has 0 atom stereocenters. The Hall–Kier alpha value is -0.780. The molecule has 0 saturated heterocycles. The molecular formula is C10H12INO2. The van der Waals surface area contributed by atoms with E-state index in [0.717, 1.165) is 9.32 Å². The third-order valence-electron chi connectivity index (χ3n) is 1.75. The van der Waals surface area contributed by atoms with Crippen molar-refractivity contribution in [2.24, 2.45) is 0 Å². The minimum absolute atomic E-state index is 0.0674. The smallest absolute Gasteiger partial charge is 0.251 e. The molecule has 1 aromatic rings. The minimum Gasteiger partial charge on any atom is -0.496 e. The third kappa shape index (κ3) is 2.60. The lowest BCUT2D eigenvalue weighted by molar-refractivity contribution is 0.0955. The van der Waals surface area contributed by atoms with Gasteiger partial charge in [-0.05, 0) is 47.7 Å². The van der Waals surface area contributed by atoms with Gasteiger partial charge >= 0.3 is 0 Å². The first kappa shape index (κ1) is 11.3. The highest BCUT2D eigenvalue weighted by molar-refractivity contribution is 14.1. The second-order valence-corrected chi connectivity index (χ2v) is 3.87. The average Bonchev–Trinajstić information content (AvgIpc) is 2.19. The highest BCUT2D eigenvalue weighted by Crippen LogP contribution is 2.21. The SMILES string of the molecule is CCNC(=O)c1ccc(I)c(OC)c1. The molecule has 0 saturated carbocycles. The third-order valence-corrected chi connectivity index (χ3v) is 2.64. The van der Waals surface area contributed by atoms with Crippen LogP contribution in [-0.4, -0.2) is 19.6 Å². The number of hydrogen-bond donors (Lipinski definition) is 1. The molecule has 0 heterocycles. The van der Waals surface area contributed by atoms with Crippen LogP contribution in [0.2, 0.25) is 0 Å². The second kappa shape index (κ2) is 5.19. The summed E-state index contributed by atoms with van der Waals surface area (Å²) in [5.74, 6) is 0.663. The van der Waals surface area contributed by atoms with E-state index < -0.39 is 0 Å². The van der Waals surface area contributed by atoms with Crippen molar-refractivity contribution < 1.29 is 9.53 Å². The van der Waals surface area contributed by atoms with E-state index in [-0.39, 0.29) is 5.91 Å². The molecule has 0 aromatic heterocycles. The Kier molecular flexibility index (Phi) is 4.19. The van der Waals surface area contributed by atoms with Crippen LogP contribution in [0, 0.1) is 3.57 Å². The Morgan fingerprint density at radius 3 is 2.86 bits per heavy atom. The van der Waals surface area contributed by atoms with E-state index >= 15 is 0 Å². The number of carbonyl (C=O) groups is 1. The summed E-state index contributed by atoms with van der Waals surface area (Å²) < 4.78 is 6.12. The molecule has 14 heavy (non-hydrogen) atoms. The lowest BCUT2D eigenvalue weighted by Gasteiger charge is -2.06.